The number of rotatable bonds is 10. The van der Waals surface area contributed by atoms with Crippen LogP contribution < -0.4 is 4.74 Å². The summed E-state index contributed by atoms with van der Waals surface area (Å²) in [7, 11) is -2.14. The van der Waals surface area contributed by atoms with Crippen LogP contribution in [-0.4, -0.2) is 54.6 Å². The van der Waals surface area contributed by atoms with Crippen molar-refractivity contribution in [3.8, 4) is 5.75 Å². The van der Waals surface area contributed by atoms with Crippen molar-refractivity contribution < 1.29 is 22.7 Å². The van der Waals surface area contributed by atoms with Gasteiger partial charge in [-0.25, -0.2) is 13.4 Å². The third-order valence-corrected chi connectivity index (χ3v) is 8.28. The molecular formula is C27H31N3O5S. The third-order valence-electron chi connectivity index (χ3n) is 6.69. The highest BCUT2D eigenvalue weighted by Gasteiger charge is 2.35. The molecule has 3 aromatic rings. The summed E-state index contributed by atoms with van der Waals surface area (Å²) in [5.74, 6) is 0.384. The standard InChI is InChI=1S/C27H31N3O5S/c1-34-24-10-5-9-21(15-24)26(31)29(22-12-13-22)17-23-16-28-27(30(23)18-25-11-6-14-35-25)36(32,33)19-20-7-3-2-4-8-20/h2-5,7-10,15-16,22,25H,6,11-14,17-19H2,1H3/t25-/m0/s1. The Kier molecular flexibility index (Phi) is 7.11. The molecule has 1 saturated carbocycles. The quantitative estimate of drug-likeness (QED) is 0.412. The Morgan fingerprint density at radius 2 is 1.94 bits per heavy atom. The van der Waals surface area contributed by atoms with Crippen molar-refractivity contribution in [3.63, 3.8) is 0 Å². The number of sulfone groups is 1. The van der Waals surface area contributed by atoms with Crippen LogP contribution in [0.3, 0.4) is 0 Å². The van der Waals surface area contributed by atoms with Gasteiger partial charge in [0, 0.05) is 18.2 Å². The molecule has 36 heavy (non-hydrogen) atoms. The van der Waals surface area contributed by atoms with Crippen LogP contribution in [0.4, 0.5) is 0 Å². The maximum Gasteiger partial charge on any atom is 0.254 e. The number of ether oxygens (including phenoxy) is 2. The van der Waals surface area contributed by atoms with Gasteiger partial charge in [-0.15, -0.1) is 0 Å². The van der Waals surface area contributed by atoms with Gasteiger partial charge in [0.1, 0.15) is 5.75 Å². The number of methoxy groups -OCH3 is 1. The van der Waals surface area contributed by atoms with Gasteiger partial charge in [-0.3, -0.25) is 4.79 Å². The topological polar surface area (TPSA) is 90.7 Å². The monoisotopic (exact) mass is 509 g/mol. The minimum atomic E-state index is -3.71. The van der Waals surface area contributed by atoms with Gasteiger partial charge in [-0.05, 0) is 49.4 Å². The molecule has 0 bridgehead atoms. The van der Waals surface area contributed by atoms with Crippen LogP contribution in [0.1, 0.15) is 47.3 Å². The SMILES string of the molecule is COc1cccc(C(=O)N(Cc2cnc(S(=O)(=O)Cc3ccccc3)n2C[C@@H]2CCCO2)C2CC2)c1. The molecule has 2 heterocycles. The van der Waals surface area contributed by atoms with Gasteiger partial charge in [-0.2, -0.15) is 0 Å². The second kappa shape index (κ2) is 10.4. The lowest BCUT2D eigenvalue weighted by molar-refractivity contribution is 0.0718. The maximum atomic E-state index is 13.5. The molecular weight excluding hydrogens is 478 g/mol. The number of hydrogen-bond donors (Lipinski definition) is 0. The molecule has 0 N–H and O–H groups in total. The average Bonchev–Trinajstić information content (AvgIpc) is 3.44. The molecule has 190 valence electrons. The lowest BCUT2D eigenvalue weighted by Gasteiger charge is -2.24. The molecule has 1 aliphatic heterocycles. The van der Waals surface area contributed by atoms with E-state index >= 15 is 0 Å². The van der Waals surface area contributed by atoms with Crippen molar-refractivity contribution in [3.05, 3.63) is 77.6 Å². The molecule has 0 spiro atoms. The summed E-state index contributed by atoms with van der Waals surface area (Å²) in [5, 5.41) is 0.0291. The van der Waals surface area contributed by atoms with E-state index in [1.54, 1.807) is 54.3 Å². The Labute approximate surface area is 211 Å². The fourth-order valence-electron chi connectivity index (χ4n) is 4.66. The Hall–Kier alpha value is -3.17. The minimum absolute atomic E-state index is 0.0291. The largest absolute Gasteiger partial charge is 0.497 e. The molecule has 1 aliphatic carbocycles. The molecule has 5 rings (SSSR count). The van der Waals surface area contributed by atoms with E-state index in [1.165, 1.54) is 0 Å². The maximum absolute atomic E-state index is 13.5. The van der Waals surface area contributed by atoms with E-state index < -0.39 is 9.84 Å². The third kappa shape index (κ3) is 5.47. The Morgan fingerprint density at radius 1 is 1.14 bits per heavy atom. The molecule has 0 radical (unpaired) electrons. The van der Waals surface area contributed by atoms with Crippen LogP contribution in [0.2, 0.25) is 0 Å². The normalized spacial score (nSPS) is 17.8. The van der Waals surface area contributed by atoms with Crippen molar-refractivity contribution in [2.45, 2.75) is 61.8 Å². The zero-order valence-corrected chi connectivity index (χ0v) is 21.2. The average molecular weight is 510 g/mol. The van der Waals surface area contributed by atoms with Gasteiger partial charge >= 0.3 is 0 Å². The first-order chi connectivity index (χ1) is 17.4. The first-order valence-corrected chi connectivity index (χ1v) is 14.0. The van der Waals surface area contributed by atoms with Gasteiger partial charge < -0.3 is 18.9 Å². The van der Waals surface area contributed by atoms with Gasteiger partial charge in [-0.1, -0.05) is 36.4 Å². The van der Waals surface area contributed by atoms with E-state index in [0.717, 1.165) is 25.7 Å². The summed E-state index contributed by atoms with van der Waals surface area (Å²) in [4.78, 5) is 19.7. The number of imidazole rings is 1. The lowest BCUT2D eigenvalue weighted by atomic mass is 10.1. The zero-order chi connectivity index (χ0) is 25.1. The zero-order valence-electron chi connectivity index (χ0n) is 20.4. The predicted octanol–water partition coefficient (Wildman–Crippen LogP) is 3.85. The van der Waals surface area contributed by atoms with E-state index in [2.05, 4.69) is 4.98 Å². The number of carbonyl (C=O) groups is 1. The van der Waals surface area contributed by atoms with Crippen LogP contribution in [0.15, 0.2) is 66.0 Å². The van der Waals surface area contributed by atoms with Gasteiger partial charge in [0.2, 0.25) is 15.0 Å². The van der Waals surface area contributed by atoms with Gasteiger partial charge in [0.25, 0.3) is 5.91 Å². The molecule has 2 aliphatic rings. The number of carbonyl (C=O) groups excluding carboxylic acids is 1. The van der Waals surface area contributed by atoms with E-state index in [-0.39, 0.29) is 35.5 Å². The van der Waals surface area contributed by atoms with Crippen LogP contribution >= 0.6 is 0 Å². The highest BCUT2D eigenvalue weighted by atomic mass is 32.2. The number of benzene rings is 2. The molecule has 1 amide bonds. The molecule has 2 aromatic carbocycles. The van der Waals surface area contributed by atoms with Crippen molar-refractivity contribution in [2.24, 2.45) is 0 Å². The number of hydrogen-bond acceptors (Lipinski definition) is 6. The second-order valence-electron chi connectivity index (χ2n) is 9.42. The fraction of sp³-hybridized carbons (Fsp3) is 0.407. The van der Waals surface area contributed by atoms with Crippen molar-refractivity contribution in [1.29, 1.82) is 0 Å². The van der Waals surface area contributed by atoms with Crippen LogP contribution in [0, 0.1) is 0 Å². The van der Waals surface area contributed by atoms with E-state index in [4.69, 9.17) is 9.47 Å². The predicted molar refractivity (Wildman–Crippen MR) is 134 cm³/mol. The van der Waals surface area contributed by atoms with Crippen molar-refractivity contribution >= 4 is 15.7 Å². The molecule has 0 unspecified atom stereocenters. The Bertz CT molecular complexity index is 1310. The Morgan fingerprint density at radius 3 is 2.64 bits per heavy atom. The van der Waals surface area contributed by atoms with E-state index in [9.17, 15) is 13.2 Å². The highest BCUT2D eigenvalue weighted by molar-refractivity contribution is 7.90. The van der Waals surface area contributed by atoms with Crippen LogP contribution in [-0.2, 0) is 33.4 Å². The molecule has 2 fully saturated rings. The van der Waals surface area contributed by atoms with Crippen LogP contribution in [0.25, 0.3) is 0 Å². The second-order valence-corrected chi connectivity index (χ2v) is 11.3. The van der Waals surface area contributed by atoms with E-state index in [0.29, 0.717) is 35.7 Å². The van der Waals surface area contributed by atoms with Gasteiger partial charge in [0.15, 0.2) is 0 Å². The molecule has 1 aromatic heterocycles. The first-order valence-electron chi connectivity index (χ1n) is 12.3. The summed E-state index contributed by atoms with van der Waals surface area (Å²) in [5.41, 5.74) is 1.95. The summed E-state index contributed by atoms with van der Waals surface area (Å²) in [6.45, 7) is 1.34. The highest BCUT2D eigenvalue weighted by Crippen LogP contribution is 2.31. The Balaban J connectivity index is 1.46. The lowest BCUT2D eigenvalue weighted by Crippen LogP contribution is -2.34. The molecule has 9 heteroatoms. The van der Waals surface area contributed by atoms with E-state index in [1.807, 2.05) is 23.1 Å². The number of nitrogens with zero attached hydrogens (tertiary/aromatic N) is 3. The summed E-state index contributed by atoms with van der Waals surface area (Å²) in [6.07, 6.45) is 5.19. The molecule has 1 atom stereocenters. The van der Waals surface area contributed by atoms with Gasteiger partial charge in [0.05, 0.1) is 43.9 Å². The summed E-state index contributed by atoms with van der Waals surface area (Å²) >= 11 is 0. The molecule has 1 saturated heterocycles. The van der Waals surface area contributed by atoms with Crippen molar-refractivity contribution in [1.82, 2.24) is 14.5 Å². The number of aromatic nitrogens is 2. The minimum Gasteiger partial charge on any atom is -0.497 e. The fourth-order valence-corrected chi connectivity index (χ4v) is 6.16. The van der Waals surface area contributed by atoms with Crippen LogP contribution in [0.5, 0.6) is 5.75 Å². The smallest absolute Gasteiger partial charge is 0.254 e. The molecule has 8 nitrogen and oxygen atoms in total. The van der Waals surface area contributed by atoms with Crippen molar-refractivity contribution in [2.75, 3.05) is 13.7 Å². The summed E-state index contributed by atoms with van der Waals surface area (Å²) in [6, 6.07) is 16.3. The summed E-state index contributed by atoms with van der Waals surface area (Å²) < 4.78 is 39.8. The number of amides is 1. The first kappa shape index (κ1) is 24.5.